The minimum atomic E-state index is -0.835. The van der Waals surface area contributed by atoms with E-state index in [4.69, 9.17) is 4.74 Å². The molecule has 1 rings (SSSR count). The molecule has 0 fully saturated rings. The number of rotatable bonds is 4. The summed E-state index contributed by atoms with van der Waals surface area (Å²) in [5.74, 6) is 0.0722. The highest BCUT2D eigenvalue weighted by Crippen LogP contribution is 2.39. The molecule has 0 aromatic heterocycles. The average Bonchev–Trinajstić information content (AvgIpc) is 2.25. The van der Waals surface area contributed by atoms with Crippen molar-refractivity contribution in [2.45, 2.75) is 44.3 Å². The van der Waals surface area contributed by atoms with Gasteiger partial charge in [-0.05, 0) is 57.4 Å². The minimum Gasteiger partial charge on any atom is -0.496 e. The first-order valence-electron chi connectivity index (χ1n) is 5.78. The molecule has 0 bridgehead atoms. The summed E-state index contributed by atoms with van der Waals surface area (Å²) in [5, 5.41) is 9.19. The van der Waals surface area contributed by atoms with Crippen LogP contribution in [0.2, 0.25) is 0 Å². The lowest BCUT2D eigenvalue weighted by Gasteiger charge is -2.22. The molecule has 0 aliphatic carbocycles. The van der Waals surface area contributed by atoms with Crippen molar-refractivity contribution in [2.75, 3.05) is 7.11 Å². The molecule has 0 heterocycles. The number of hydrogen-bond donors (Lipinski definition) is 1. The maximum atomic E-state index is 11.2. The summed E-state index contributed by atoms with van der Waals surface area (Å²) in [6.45, 7) is 9.41. The van der Waals surface area contributed by atoms with E-state index in [1.54, 1.807) is 21.0 Å². The van der Waals surface area contributed by atoms with Gasteiger partial charge in [0.15, 0.2) is 0 Å². The number of methoxy groups -OCH3 is 1. The number of thioether (sulfide) groups is 1. The highest BCUT2D eigenvalue weighted by atomic mass is 32.2. The Morgan fingerprint density at radius 1 is 1.28 bits per heavy atom. The number of carboxylic acid groups (broad SMARTS) is 1. The van der Waals surface area contributed by atoms with Gasteiger partial charge in [0.25, 0.3) is 0 Å². The third-order valence-electron chi connectivity index (χ3n) is 3.06. The van der Waals surface area contributed by atoms with Crippen LogP contribution in [0.5, 0.6) is 5.75 Å². The lowest BCUT2D eigenvalue weighted by molar-refractivity contribution is -0.138. The minimum absolute atomic E-state index is 0.807. The highest BCUT2D eigenvalue weighted by Gasteiger charge is 2.29. The first kappa shape index (κ1) is 14.9. The van der Waals surface area contributed by atoms with Gasteiger partial charge in [-0.3, -0.25) is 4.79 Å². The van der Waals surface area contributed by atoms with Crippen LogP contribution in [0.4, 0.5) is 0 Å². The van der Waals surface area contributed by atoms with Gasteiger partial charge in [0.1, 0.15) is 10.5 Å². The van der Waals surface area contributed by atoms with Gasteiger partial charge >= 0.3 is 5.97 Å². The lowest BCUT2D eigenvalue weighted by Crippen LogP contribution is -2.27. The van der Waals surface area contributed by atoms with Gasteiger partial charge in [0, 0.05) is 4.90 Å². The molecule has 0 spiro atoms. The molecule has 0 saturated carbocycles. The average molecular weight is 268 g/mol. The summed E-state index contributed by atoms with van der Waals surface area (Å²) < 4.78 is 4.53. The molecule has 0 aliphatic rings. The third-order valence-corrected chi connectivity index (χ3v) is 4.39. The number of ether oxygens (including phenoxy) is 1. The monoisotopic (exact) mass is 268 g/mol. The first-order valence-corrected chi connectivity index (χ1v) is 6.59. The van der Waals surface area contributed by atoms with Gasteiger partial charge in [0.2, 0.25) is 0 Å². The SMILES string of the molecule is COc1c(C)cc(SC(C)(C)C(=O)O)c(C)c1C. The Kier molecular flexibility index (Phi) is 4.32. The van der Waals surface area contributed by atoms with Gasteiger partial charge in [-0.1, -0.05) is 0 Å². The number of aliphatic carboxylic acids is 1. The van der Waals surface area contributed by atoms with Crippen molar-refractivity contribution in [1.82, 2.24) is 0 Å². The Balaban J connectivity index is 3.24. The van der Waals surface area contributed by atoms with Crippen molar-refractivity contribution in [2.24, 2.45) is 0 Å². The predicted molar refractivity (Wildman–Crippen MR) is 74.8 cm³/mol. The molecule has 1 N–H and O–H groups in total. The number of aryl methyl sites for hydroxylation is 1. The summed E-state index contributed by atoms with van der Waals surface area (Å²) in [6, 6.07) is 2.00. The van der Waals surface area contributed by atoms with Crippen molar-refractivity contribution in [1.29, 1.82) is 0 Å². The highest BCUT2D eigenvalue weighted by molar-refractivity contribution is 8.01. The van der Waals surface area contributed by atoms with E-state index >= 15 is 0 Å². The van der Waals surface area contributed by atoms with Crippen LogP contribution < -0.4 is 4.74 Å². The molecule has 0 atom stereocenters. The predicted octanol–water partition coefficient (Wildman–Crippen LogP) is 3.58. The molecule has 0 unspecified atom stereocenters. The van der Waals surface area contributed by atoms with E-state index in [2.05, 4.69) is 0 Å². The van der Waals surface area contributed by atoms with Crippen LogP contribution in [-0.4, -0.2) is 22.9 Å². The maximum Gasteiger partial charge on any atom is 0.319 e. The van der Waals surface area contributed by atoms with Crippen molar-refractivity contribution in [3.63, 3.8) is 0 Å². The molecule has 1 aromatic carbocycles. The fourth-order valence-electron chi connectivity index (χ4n) is 1.76. The normalized spacial score (nSPS) is 11.4. The molecule has 4 heteroatoms. The summed E-state index contributed by atoms with van der Waals surface area (Å²) in [4.78, 5) is 12.2. The maximum absolute atomic E-state index is 11.2. The molecule has 1 aromatic rings. The smallest absolute Gasteiger partial charge is 0.319 e. The quantitative estimate of drug-likeness (QED) is 0.848. The van der Waals surface area contributed by atoms with Crippen LogP contribution in [0, 0.1) is 20.8 Å². The topological polar surface area (TPSA) is 46.5 Å². The Bertz CT molecular complexity index is 478. The van der Waals surface area contributed by atoms with Crippen LogP contribution in [0.15, 0.2) is 11.0 Å². The number of hydrogen-bond acceptors (Lipinski definition) is 3. The van der Waals surface area contributed by atoms with Crippen molar-refractivity contribution < 1.29 is 14.6 Å². The van der Waals surface area contributed by atoms with Crippen LogP contribution in [0.25, 0.3) is 0 Å². The number of benzene rings is 1. The van der Waals surface area contributed by atoms with Crippen LogP contribution >= 0.6 is 11.8 Å². The molecule has 18 heavy (non-hydrogen) atoms. The van der Waals surface area contributed by atoms with E-state index in [1.807, 2.05) is 26.8 Å². The van der Waals surface area contributed by atoms with Crippen LogP contribution in [0.1, 0.15) is 30.5 Å². The molecule has 3 nitrogen and oxygen atoms in total. The molecule has 0 radical (unpaired) electrons. The van der Waals surface area contributed by atoms with Gasteiger partial charge in [-0.25, -0.2) is 0 Å². The lowest BCUT2D eigenvalue weighted by atomic mass is 10.1. The van der Waals surface area contributed by atoms with Gasteiger partial charge in [-0.2, -0.15) is 0 Å². The largest absolute Gasteiger partial charge is 0.496 e. The van der Waals surface area contributed by atoms with E-state index in [0.29, 0.717) is 0 Å². The Hall–Kier alpha value is -1.16. The Morgan fingerprint density at radius 3 is 2.28 bits per heavy atom. The second kappa shape index (κ2) is 5.22. The molecular weight excluding hydrogens is 248 g/mol. The molecular formula is C14H20O3S. The van der Waals surface area contributed by atoms with E-state index in [1.165, 1.54) is 11.8 Å². The second-order valence-corrected chi connectivity index (χ2v) is 6.56. The van der Waals surface area contributed by atoms with Crippen LogP contribution in [-0.2, 0) is 4.79 Å². The van der Waals surface area contributed by atoms with Crippen molar-refractivity contribution in [3.05, 3.63) is 22.8 Å². The molecule has 100 valence electrons. The Morgan fingerprint density at radius 2 is 1.83 bits per heavy atom. The first-order chi connectivity index (χ1) is 8.20. The second-order valence-electron chi connectivity index (χ2n) is 4.89. The standard InChI is InChI=1S/C14H20O3S/c1-8-7-11(18-14(4,5)13(15)16)9(2)10(3)12(8)17-6/h7H,1-6H3,(H,15,16). The van der Waals surface area contributed by atoms with E-state index in [0.717, 1.165) is 27.3 Å². The van der Waals surface area contributed by atoms with Gasteiger partial charge in [-0.15, -0.1) is 11.8 Å². The van der Waals surface area contributed by atoms with Crippen molar-refractivity contribution in [3.8, 4) is 5.75 Å². The number of carboxylic acids is 1. The zero-order chi connectivity index (χ0) is 14.1. The van der Waals surface area contributed by atoms with Crippen molar-refractivity contribution >= 4 is 17.7 Å². The van der Waals surface area contributed by atoms with Crippen LogP contribution in [0.3, 0.4) is 0 Å². The van der Waals surface area contributed by atoms with E-state index in [9.17, 15) is 9.90 Å². The molecule has 0 amide bonds. The fraction of sp³-hybridized carbons (Fsp3) is 0.500. The fourth-order valence-corrected chi connectivity index (χ4v) is 2.94. The van der Waals surface area contributed by atoms with Gasteiger partial charge < -0.3 is 9.84 Å². The summed E-state index contributed by atoms with van der Waals surface area (Å²) in [7, 11) is 1.66. The van der Waals surface area contributed by atoms with E-state index < -0.39 is 10.7 Å². The summed E-state index contributed by atoms with van der Waals surface area (Å²) in [6.07, 6.45) is 0. The summed E-state index contributed by atoms with van der Waals surface area (Å²) >= 11 is 1.37. The Labute approximate surface area is 113 Å². The number of carbonyl (C=O) groups is 1. The van der Waals surface area contributed by atoms with Gasteiger partial charge in [0.05, 0.1) is 7.11 Å². The molecule has 0 saturated heterocycles. The summed E-state index contributed by atoms with van der Waals surface area (Å²) in [5.41, 5.74) is 3.18. The zero-order valence-corrected chi connectivity index (χ0v) is 12.6. The molecule has 0 aliphatic heterocycles. The van der Waals surface area contributed by atoms with E-state index in [-0.39, 0.29) is 0 Å². The third kappa shape index (κ3) is 2.80. The zero-order valence-electron chi connectivity index (χ0n) is 11.7.